The number of nitrogens with zero attached hydrogens (tertiary/aromatic N) is 3. The molecule has 0 bridgehead atoms. The number of hydrogen-bond donors (Lipinski definition) is 2. The molecule has 158 valence electrons. The Balaban J connectivity index is 1.56. The van der Waals surface area contributed by atoms with Gasteiger partial charge in [0.2, 0.25) is 5.95 Å². The van der Waals surface area contributed by atoms with Gasteiger partial charge in [-0.3, -0.25) is 4.79 Å². The van der Waals surface area contributed by atoms with Crippen molar-refractivity contribution in [2.75, 3.05) is 23.8 Å². The first kappa shape index (κ1) is 19.4. The number of ether oxygens (including phenoxy) is 2. The molecule has 2 aliphatic rings. The summed E-state index contributed by atoms with van der Waals surface area (Å²) in [4.78, 5) is 17.7. The Morgan fingerprint density at radius 2 is 2.03 bits per heavy atom. The fraction of sp³-hybridized carbons (Fsp3) is 0.227. The summed E-state index contributed by atoms with van der Waals surface area (Å²) >= 11 is 6.08. The predicted octanol–water partition coefficient (Wildman–Crippen LogP) is 4.02. The van der Waals surface area contributed by atoms with E-state index in [1.165, 1.54) is 6.33 Å². The van der Waals surface area contributed by atoms with Crippen LogP contribution in [0.1, 0.15) is 24.9 Å². The Bertz CT molecular complexity index is 1190. The second-order valence-electron chi connectivity index (χ2n) is 7.32. The van der Waals surface area contributed by atoms with E-state index in [1.807, 2.05) is 25.1 Å². The van der Waals surface area contributed by atoms with Gasteiger partial charge in [0.15, 0.2) is 11.5 Å². The number of rotatable bonds is 3. The number of halogens is 1. The van der Waals surface area contributed by atoms with Gasteiger partial charge in [0, 0.05) is 22.8 Å². The van der Waals surface area contributed by atoms with Crippen LogP contribution in [-0.4, -0.2) is 33.9 Å². The van der Waals surface area contributed by atoms with Crippen molar-refractivity contribution < 1.29 is 14.3 Å². The van der Waals surface area contributed by atoms with Gasteiger partial charge in [-0.15, -0.1) is 0 Å². The summed E-state index contributed by atoms with van der Waals surface area (Å²) in [5.74, 6) is 1.65. The van der Waals surface area contributed by atoms with E-state index in [0.717, 1.165) is 12.0 Å². The highest BCUT2D eigenvalue weighted by atomic mass is 35.5. The average Bonchev–Trinajstić information content (AvgIpc) is 3.08. The van der Waals surface area contributed by atoms with Gasteiger partial charge in [-0.05, 0) is 42.8 Å². The van der Waals surface area contributed by atoms with Crippen LogP contribution in [0, 0.1) is 0 Å². The van der Waals surface area contributed by atoms with Crippen LogP contribution in [-0.2, 0) is 4.79 Å². The smallest absolute Gasteiger partial charge is 0.255 e. The summed E-state index contributed by atoms with van der Waals surface area (Å²) in [6.45, 7) is 3.04. The summed E-state index contributed by atoms with van der Waals surface area (Å²) in [5, 5.41) is 11.0. The minimum atomic E-state index is -0.491. The van der Waals surface area contributed by atoms with Crippen molar-refractivity contribution in [1.82, 2.24) is 14.8 Å². The number of benzene rings is 2. The molecular formula is C22H20ClN5O3. The maximum Gasteiger partial charge on any atom is 0.255 e. The normalized spacial score (nSPS) is 17.4. The van der Waals surface area contributed by atoms with Crippen molar-refractivity contribution >= 4 is 29.1 Å². The lowest BCUT2D eigenvalue weighted by Crippen LogP contribution is -2.31. The van der Waals surface area contributed by atoms with Crippen molar-refractivity contribution in [3.05, 3.63) is 70.6 Å². The van der Waals surface area contributed by atoms with Crippen LogP contribution in [0.25, 0.3) is 0 Å². The molecule has 0 spiro atoms. The Morgan fingerprint density at radius 3 is 2.87 bits per heavy atom. The molecule has 3 heterocycles. The fourth-order valence-electron chi connectivity index (χ4n) is 3.81. The van der Waals surface area contributed by atoms with Crippen LogP contribution >= 0.6 is 11.6 Å². The molecule has 3 aromatic rings. The van der Waals surface area contributed by atoms with Gasteiger partial charge < -0.3 is 20.1 Å². The first-order valence-electron chi connectivity index (χ1n) is 9.94. The molecule has 1 amide bonds. The molecule has 2 aliphatic heterocycles. The van der Waals surface area contributed by atoms with Crippen LogP contribution in [0.5, 0.6) is 11.5 Å². The van der Waals surface area contributed by atoms with E-state index in [2.05, 4.69) is 20.7 Å². The van der Waals surface area contributed by atoms with Crippen LogP contribution in [0.15, 0.2) is 60.1 Å². The third-order valence-electron chi connectivity index (χ3n) is 5.21. The molecule has 0 saturated heterocycles. The van der Waals surface area contributed by atoms with Gasteiger partial charge in [0.05, 0.1) is 18.8 Å². The van der Waals surface area contributed by atoms with Crippen molar-refractivity contribution in [3.63, 3.8) is 0 Å². The number of carbonyl (C=O) groups is 1. The average molecular weight is 438 g/mol. The maximum absolute atomic E-state index is 13.4. The lowest BCUT2D eigenvalue weighted by molar-refractivity contribution is -0.113. The van der Waals surface area contributed by atoms with Gasteiger partial charge in [0.1, 0.15) is 12.4 Å². The molecule has 0 fully saturated rings. The van der Waals surface area contributed by atoms with E-state index in [-0.39, 0.29) is 5.91 Å². The Morgan fingerprint density at radius 1 is 1.19 bits per heavy atom. The van der Waals surface area contributed by atoms with Gasteiger partial charge >= 0.3 is 0 Å². The highest BCUT2D eigenvalue weighted by Crippen LogP contribution is 2.39. The van der Waals surface area contributed by atoms with Crippen LogP contribution in [0.3, 0.4) is 0 Å². The number of nitrogens with one attached hydrogen (secondary N) is 2. The molecule has 31 heavy (non-hydrogen) atoms. The van der Waals surface area contributed by atoms with Crippen molar-refractivity contribution in [1.29, 1.82) is 0 Å². The maximum atomic E-state index is 13.4. The third-order valence-corrected chi connectivity index (χ3v) is 5.44. The number of anilines is 2. The van der Waals surface area contributed by atoms with Gasteiger partial charge in [0.25, 0.3) is 5.91 Å². The molecular weight excluding hydrogens is 418 g/mol. The second kappa shape index (κ2) is 7.96. The molecule has 9 heteroatoms. The summed E-state index contributed by atoms with van der Waals surface area (Å²) in [5.41, 5.74) is 2.66. The van der Waals surface area contributed by atoms with Crippen molar-refractivity contribution in [2.45, 2.75) is 19.4 Å². The zero-order chi connectivity index (χ0) is 21.4. The molecule has 0 saturated carbocycles. The topological polar surface area (TPSA) is 90.3 Å². The zero-order valence-corrected chi connectivity index (χ0v) is 17.5. The molecule has 2 N–H and O–H groups in total. The van der Waals surface area contributed by atoms with Gasteiger partial charge in [-0.1, -0.05) is 23.7 Å². The summed E-state index contributed by atoms with van der Waals surface area (Å²) in [6, 6.07) is 12.2. The lowest BCUT2D eigenvalue weighted by atomic mass is 9.94. The highest BCUT2D eigenvalue weighted by Gasteiger charge is 2.34. The molecule has 1 aromatic heterocycles. The third kappa shape index (κ3) is 3.70. The predicted molar refractivity (Wildman–Crippen MR) is 117 cm³/mol. The standard InChI is InChI=1S/C22H20ClN5O3/c1-13-19(21(29)27-16-5-2-4-15(23)11-16)20(28-22(26-13)24-12-25-28)14-6-7-17-18(10-14)31-9-3-8-30-17/h2,4-7,10-12,20H,3,8-9H2,1H3,(H,27,29)(H,24,25,26). The number of aromatic nitrogens is 3. The first-order chi connectivity index (χ1) is 15.1. The number of fused-ring (bicyclic) bond motifs is 2. The molecule has 0 aliphatic carbocycles. The van der Waals surface area contributed by atoms with Gasteiger partial charge in [-0.25, -0.2) is 4.68 Å². The first-order valence-corrected chi connectivity index (χ1v) is 10.3. The number of hydrogen-bond acceptors (Lipinski definition) is 6. The van der Waals surface area contributed by atoms with Crippen LogP contribution < -0.4 is 20.1 Å². The molecule has 2 aromatic carbocycles. The number of amides is 1. The Labute approximate surface area is 183 Å². The summed E-state index contributed by atoms with van der Waals surface area (Å²) in [7, 11) is 0. The highest BCUT2D eigenvalue weighted by molar-refractivity contribution is 6.31. The van der Waals surface area contributed by atoms with E-state index < -0.39 is 6.04 Å². The fourth-order valence-corrected chi connectivity index (χ4v) is 4.00. The Hall–Kier alpha value is -3.52. The van der Waals surface area contributed by atoms with E-state index >= 15 is 0 Å². The monoisotopic (exact) mass is 437 g/mol. The second-order valence-corrected chi connectivity index (χ2v) is 7.75. The van der Waals surface area contributed by atoms with Crippen LogP contribution in [0.2, 0.25) is 5.02 Å². The van der Waals surface area contributed by atoms with Gasteiger partial charge in [-0.2, -0.15) is 10.1 Å². The quantitative estimate of drug-likeness (QED) is 0.643. The molecule has 1 atom stereocenters. The zero-order valence-electron chi connectivity index (χ0n) is 16.8. The minimum Gasteiger partial charge on any atom is -0.490 e. The van der Waals surface area contributed by atoms with E-state index in [4.69, 9.17) is 21.1 Å². The Kier molecular flexibility index (Phi) is 4.99. The summed E-state index contributed by atoms with van der Waals surface area (Å²) in [6.07, 6.45) is 2.28. The SMILES string of the molecule is CC1=C(C(=O)Nc2cccc(Cl)c2)C(c2ccc3c(c2)OCCCO3)n2ncnc2N1. The van der Waals surface area contributed by atoms with E-state index in [9.17, 15) is 4.79 Å². The molecule has 0 radical (unpaired) electrons. The summed E-state index contributed by atoms with van der Waals surface area (Å²) < 4.78 is 13.3. The number of carbonyl (C=O) groups excluding carboxylic acids is 1. The van der Waals surface area contributed by atoms with E-state index in [1.54, 1.807) is 28.9 Å². The minimum absolute atomic E-state index is 0.259. The largest absolute Gasteiger partial charge is 0.490 e. The number of allylic oxidation sites excluding steroid dienone is 1. The molecule has 1 unspecified atom stereocenters. The van der Waals surface area contributed by atoms with E-state index in [0.29, 0.717) is 52.6 Å². The van der Waals surface area contributed by atoms with Crippen LogP contribution in [0.4, 0.5) is 11.6 Å². The van der Waals surface area contributed by atoms with Crippen molar-refractivity contribution in [3.8, 4) is 11.5 Å². The molecule has 8 nitrogen and oxygen atoms in total. The lowest BCUT2D eigenvalue weighted by Gasteiger charge is -2.29. The molecule has 5 rings (SSSR count). The van der Waals surface area contributed by atoms with Crippen molar-refractivity contribution in [2.24, 2.45) is 0 Å².